The Kier molecular flexibility index (Phi) is 6.71. The van der Waals surface area contributed by atoms with Crippen molar-refractivity contribution in [3.8, 4) is 0 Å². The van der Waals surface area contributed by atoms with Gasteiger partial charge < -0.3 is 5.32 Å². The molecule has 0 saturated heterocycles. The zero-order chi connectivity index (χ0) is 16.9. The van der Waals surface area contributed by atoms with E-state index < -0.39 is 11.9 Å². The molecule has 0 aliphatic carbocycles. The highest BCUT2D eigenvalue weighted by atomic mass is 35.5. The lowest BCUT2D eigenvalue weighted by atomic mass is 10.0. The summed E-state index contributed by atoms with van der Waals surface area (Å²) in [5.74, 6) is -0.0334. The normalized spacial score (nSPS) is 12.0. The van der Waals surface area contributed by atoms with Crippen molar-refractivity contribution in [3.63, 3.8) is 0 Å². The first kappa shape index (κ1) is 18.8. The number of aryl methyl sites for hydroxylation is 1. The van der Waals surface area contributed by atoms with Crippen molar-refractivity contribution in [2.75, 3.05) is 6.54 Å². The average Bonchev–Trinajstić information content (AvgIpc) is 2.73. The van der Waals surface area contributed by atoms with Gasteiger partial charge in [-0.25, -0.2) is 0 Å². The quantitative estimate of drug-likeness (QED) is 0.768. The number of halogens is 4. The molecule has 4 nitrogen and oxygen atoms in total. The molecule has 0 aliphatic rings. The van der Waals surface area contributed by atoms with Gasteiger partial charge in [0.1, 0.15) is 0 Å². The molecular formula is C14H21ClF3N3O. The third-order valence-electron chi connectivity index (χ3n) is 3.60. The van der Waals surface area contributed by atoms with Crippen LogP contribution in [-0.2, 0) is 17.5 Å². The van der Waals surface area contributed by atoms with E-state index in [1.807, 2.05) is 13.8 Å². The van der Waals surface area contributed by atoms with Gasteiger partial charge in [0.25, 0.3) is 0 Å². The fourth-order valence-corrected chi connectivity index (χ4v) is 2.41. The van der Waals surface area contributed by atoms with E-state index in [-0.39, 0.29) is 29.1 Å². The summed E-state index contributed by atoms with van der Waals surface area (Å²) in [6.45, 7) is 6.05. The van der Waals surface area contributed by atoms with Gasteiger partial charge in [0.15, 0.2) is 5.69 Å². The second-order valence-corrected chi connectivity index (χ2v) is 5.50. The minimum atomic E-state index is -4.56. The molecule has 0 radical (unpaired) electrons. The summed E-state index contributed by atoms with van der Waals surface area (Å²) >= 11 is 5.67. The molecule has 0 saturated carbocycles. The molecule has 0 aliphatic heterocycles. The van der Waals surface area contributed by atoms with Gasteiger partial charge in [0, 0.05) is 19.0 Å². The number of alkyl halides is 3. The molecule has 0 bridgehead atoms. The Balaban J connectivity index is 2.55. The Morgan fingerprint density at radius 1 is 1.36 bits per heavy atom. The van der Waals surface area contributed by atoms with E-state index in [4.69, 9.17) is 11.6 Å². The van der Waals surface area contributed by atoms with Crippen LogP contribution in [0.15, 0.2) is 0 Å². The number of hydrogen-bond donors (Lipinski definition) is 1. The smallest absolute Gasteiger partial charge is 0.356 e. The van der Waals surface area contributed by atoms with E-state index in [0.717, 1.165) is 12.8 Å². The number of carbonyl (C=O) groups is 1. The van der Waals surface area contributed by atoms with E-state index in [1.165, 1.54) is 11.6 Å². The Labute approximate surface area is 133 Å². The van der Waals surface area contributed by atoms with Gasteiger partial charge in [0.05, 0.1) is 10.7 Å². The number of carbonyl (C=O) groups excluding carboxylic acids is 1. The monoisotopic (exact) mass is 339 g/mol. The molecular weight excluding hydrogens is 319 g/mol. The van der Waals surface area contributed by atoms with Crippen LogP contribution in [0.4, 0.5) is 13.2 Å². The predicted molar refractivity (Wildman–Crippen MR) is 78.7 cm³/mol. The van der Waals surface area contributed by atoms with Crippen molar-refractivity contribution in [2.24, 2.45) is 5.92 Å². The molecule has 1 N–H and O–H groups in total. The molecule has 1 rings (SSSR count). The topological polar surface area (TPSA) is 46.9 Å². The molecule has 1 aromatic rings. The van der Waals surface area contributed by atoms with Gasteiger partial charge in [-0.2, -0.15) is 18.3 Å². The summed E-state index contributed by atoms with van der Waals surface area (Å²) in [6, 6.07) is 0. The number of nitrogens with one attached hydrogen (secondary N) is 1. The molecule has 0 aromatic carbocycles. The Hall–Kier alpha value is -1.24. The SMILES string of the molecule is CCC(CC)C(=O)NCCCn1nc(C(F)(F)F)c(Cl)c1C. The summed E-state index contributed by atoms with van der Waals surface area (Å²) in [7, 11) is 0. The van der Waals surface area contributed by atoms with E-state index in [2.05, 4.69) is 10.4 Å². The van der Waals surface area contributed by atoms with Crippen LogP contribution >= 0.6 is 11.6 Å². The number of hydrogen-bond acceptors (Lipinski definition) is 2. The largest absolute Gasteiger partial charge is 0.436 e. The fourth-order valence-electron chi connectivity index (χ4n) is 2.17. The molecule has 0 atom stereocenters. The minimum absolute atomic E-state index is 0.0160. The number of amides is 1. The van der Waals surface area contributed by atoms with Crippen molar-refractivity contribution in [2.45, 2.75) is 52.8 Å². The van der Waals surface area contributed by atoms with Crippen molar-refractivity contribution < 1.29 is 18.0 Å². The molecule has 0 spiro atoms. The fraction of sp³-hybridized carbons (Fsp3) is 0.714. The first-order chi connectivity index (χ1) is 10.2. The molecule has 1 aromatic heterocycles. The van der Waals surface area contributed by atoms with Crippen LogP contribution in [0.3, 0.4) is 0 Å². The highest BCUT2D eigenvalue weighted by Crippen LogP contribution is 2.35. The van der Waals surface area contributed by atoms with Crippen LogP contribution in [0.5, 0.6) is 0 Å². The third kappa shape index (κ3) is 4.63. The first-order valence-electron chi connectivity index (χ1n) is 7.30. The van der Waals surface area contributed by atoms with Crippen LogP contribution in [0.25, 0.3) is 0 Å². The minimum Gasteiger partial charge on any atom is -0.356 e. The van der Waals surface area contributed by atoms with E-state index in [1.54, 1.807) is 0 Å². The van der Waals surface area contributed by atoms with Gasteiger partial charge in [-0.3, -0.25) is 9.48 Å². The highest BCUT2D eigenvalue weighted by molar-refractivity contribution is 6.31. The first-order valence-corrected chi connectivity index (χ1v) is 7.67. The predicted octanol–water partition coefficient (Wildman–Crippen LogP) is 3.81. The molecule has 8 heteroatoms. The Morgan fingerprint density at radius 2 is 1.95 bits per heavy atom. The summed E-state index contributed by atoms with van der Waals surface area (Å²) in [5, 5.41) is 5.94. The maximum Gasteiger partial charge on any atom is 0.436 e. The second kappa shape index (κ2) is 7.85. The molecule has 0 fully saturated rings. The van der Waals surface area contributed by atoms with E-state index in [0.29, 0.717) is 13.0 Å². The molecule has 22 heavy (non-hydrogen) atoms. The van der Waals surface area contributed by atoms with E-state index >= 15 is 0 Å². The van der Waals surface area contributed by atoms with E-state index in [9.17, 15) is 18.0 Å². The zero-order valence-electron chi connectivity index (χ0n) is 12.9. The van der Waals surface area contributed by atoms with Crippen molar-refractivity contribution in [3.05, 3.63) is 16.4 Å². The lowest BCUT2D eigenvalue weighted by Crippen LogP contribution is -2.31. The molecule has 1 amide bonds. The van der Waals surface area contributed by atoms with Gasteiger partial charge in [-0.15, -0.1) is 0 Å². The lowest BCUT2D eigenvalue weighted by Gasteiger charge is -2.12. The molecule has 126 valence electrons. The second-order valence-electron chi connectivity index (χ2n) is 5.13. The molecule has 0 unspecified atom stereocenters. The van der Waals surface area contributed by atoms with Crippen LogP contribution in [0.1, 0.15) is 44.5 Å². The number of rotatable bonds is 7. The van der Waals surface area contributed by atoms with Crippen molar-refractivity contribution in [1.82, 2.24) is 15.1 Å². The Bertz CT molecular complexity index is 510. The van der Waals surface area contributed by atoms with Crippen LogP contribution in [0.2, 0.25) is 5.02 Å². The van der Waals surface area contributed by atoms with Crippen molar-refractivity contribution in [1.29, 1.82) is 0 Å². The summed E-state index contributed by atoms with van der Waals surface area (Å²) in [4.78, 5) is 11.8. The maximum absolute atomic E-state index is 12.7. The third-order valence-corrected chi connectivity index (χ3v) is 4.06. The van der Waals surface area contributed by atoms with Crippen LogP contribution in [0, 0.1) is 12.8 Å². The number of nitrogens with zero attached hydrogens (tertiary/aromatic N) is 2. The van der Waals surface area contributed by atoms with Gasteiger partial charge in [0.2, 0.25) is 5.91 Å². The lowest BCUT2D eigenvalue weighted by molar-refractivity contribution is -0.141. The average molecular weight is 340 g/mol. The van der Waals surface area contributed by atoms with Crippen molar-refractivity contribution >= 4 is 17.5 Å². The van der Waals surface area contributed by atoms with Gasteiger partial charge in [-0.05, 0) is 26.2 Å². The summed E-state index contributed by atoms with van der Waals surface area (Å²) < 4.78 is 39.3. The van der Waals surface area contributed by atoms with Crippen LogP contribution < -0.4 is 5.32 Å². The summed E-state index contributed by atoms with van der Waals surface area (Å²) in [5.41, 5.74) is -0.784. The Morgan fingerprint density at radius 3 is 2.41 bits per heavy atom. The summed E-state index contributed by atoms with van der Waals surface area (Å²) in [6.07, 6.45) is -2.53. The molecule has 1 heterocycles. The van der Waals surface area contributed by atoms with Gasteiger partial charge in [-0.1, -0.05) is 25.4 Å². The standard InChI is InChI=1S/C14H21ClF3N3O/c1-4-10(5-2)13(22)19-7-6-8-21-9(3)11(15)12(20-21)14(16,17)18/h10H,4-8H2,1-3H3,(H,19,22). The van der Waals surface area contributed by atoms with Crippen LogP contribution in [-0.4, -0.2) is 22.2 Å². The van der Waals surface area contributed by atoms with Gasteiger partial charge >= 0.3 is 6.18 Å². The zero-order valence-corrected chi connectivity index (χ0v) is 13.7. The maximum atomic E-state index is 12.7. The number of aromatic nitrogens is 2. The highest BCUT2D eigenvalue weighted by Gasteiger charge is 2.38.